The summed E-state index contributed by atoms with van der Waals surface area (Å²) in [5, 5.41) is 3.03. The molecule has 0 aromatic rings. The molecule has 0 radical (unpaired) electrons. The summed E-state index contributed by atoms with van der Waals surface area (Å²) in [6.07, 6.45) is -0.168. The summed E-state index contributed by atoms with van der Waals surface area (Å²) in [6.45, 7) is 10.1. The van der Waals surface area contributed by atoms with Crippen molar-refractivity contribution in [2.75, 3.05) is 26.3 Å². The van der Waals surface area contributed by atoms with E-state index in [2.05, 4.69) is 19.2 Å². The highest BCUT2D eigenvalue weighted by atomic mass is 16.6. The van der Waals surface area contributed by atoms with Gasteiger partial charge in [0.15, 0.2) is 0 Å². The first kappa shape index (κ1) is 14.4. The van der Waals surface area contributed by atoms with Crippen LogP contribution >= 0.6 is 0 Å². The molecule has 0 fully saturated rings. The average Bonchev–Trinajstić information content (AvgIpc) is 2.14. The Labute approximate surface area is 92.3 Å². The zero-order valence-corrected chi connectivity index (χ0v) is 10.2. The van der Waals surface area contributed by atoms with Gasteiger partial charge >= 0.3 is 5.97 Å². The smallest absolute Gasteiger partial charge is 0.320 e. The highest BCUT2D eigenvalue weighted by Crippen LogP contribution is 1.93. The van der Waals surface area contributed by atoms with E-state index in [1.807, 2.05) is 13.8 Å². The summed E-state index contributed by atoms with van der Waals surface area (Å²) in [5.41, 5.74) is 0. The molecule has 1 N–H and O–H groups in total. The molecule has 1 atom stereocenters. The maximum atomic E-state index is 11.3. The minimum Gasteiger partial charge on any atom is -0.459 e. The molecule has 15 heavy (non-hydrogen) atoms. The molecule has 0 aromatic heterocycles. The summed E-state index contributed by atoms with van der Waals surface area (Å²) in [5.74, 6) is 0.321. The van der Waals surface area contributed by atoms with Crippen LogP contribution < -0.4 is 5.32 Å². The molecule has 4 heteroatoms. The van der Waals surface area contributed by atoms with Crippen molar-refractivity contribution in [3.63, 3.8) is 0 Å². The molecule has 0 aliphatic rings. The van der Waals surface area contributed by atoms with Crippen LogP contribution in [0.2, 0.25) is 0 Å². The van der Waals surface area contributed by atoms with E-state index in [9.17, 15) is 4.79 Å². The van der Waals surface area contributed by atoms with Crippen molar-refractivity contribution in [2.45, 2.75) is 33.8 Å². The van der Waals surface area contributed by atoms with E-state index in [1.54, 1.807) is 0 Å². The Bertz CT molecular complexity index is 171. The lowest BCUT2D eigenvalue weighted by molar-refractivity contribution is -0.149. The number of ether oxygens (including phenoxy) is 2. The highest BCUT2D eigenvalue weighted by molar-refractivity contribution is 5.71. The summed E-state index contributed by atoms with van der Waals surface area (Å²) in [6, 6.07) is 0. The van der Waals surface area contributed by atoms with E-state index >= 15 is 0 Å². The molecule has 0 saturated carbocycles. The van der Waals surface area contributed by atoms with Crippen LogP contribution in [0.3, 0.4) is 0 Å². The van der Waals surface area contributed by atoms with Gasteiger partial charge in [-0.25, -0.2) is 0 Å². The molecule has 0 aliphatic heterocycles. The van der Waals surface area contributed by atoms with Crippen molar-refractivity contribution in [2.24, 2.45) is 5.92 Å². The zero-order valence-electron chi connectivity index (χ0n) is 10.2. The van der Waals surface area contributed by atoms with Crippen molar-refractivity contribution < 1.29 is 14.3 Å². The van der Waals surface area contributed by atoms with Gasteiger partial charge < -0.3 is 14.8 Å². The van der Waals surface area contributed by atoms with Crippen molar-refractivity contribution in [1.82, 2.24) is 5.32 Å². The van der Waals surface area contributed by atoms with E-state index in [-0.39, 0.29) is 18.6 Å². The molecule has 4 nitrogen and oxygen atoms in total. The molecule has 0 heterocycles. The number of carbonyl (C=O) groups excluding carboxylic acids is 1. The van der Waals surface area contributed by atoms with Gasteiger partial charge in [-0.05, 0) is 26.3 Å². The van der Waals surface area contributed by atoms with Crippen LogP contribution in [0.15, 0.2) is 0 Å². The third-order valence-electron chi connectivity index (χ3n) is 1.71. The van der Waals surface area contributed by atoms with Crippen molar-refractivity contribution in [3.8, 4) is 0 Å². The molecule has 0 saturated heterocycles. The number of rotatable bonds is 8. The quantitative estimate of drug-likeness (QED) is 0.621. The predicted octanol–water partition coefficient (Wildman–Crippen LogP) is 1.20. The average molecular weight is 217 g/mol. The Balaban J connectivity index is 3.46. The third-order valence-corrected chi connectivity index (χ3v) is 1.71. The fourth-order valence-electron chi connectivity index (χ4n) is 1.05. The van der Waals surface area contributed by atoms with Gasteiger partial charge in [-0.3, -0.25) is 4.79 Å². The van der Waals surface area contributed by atoms with Crippen LogP contribution in [0.1, 0.15) is 27.7 Å². The molecule has 0 bridgehead atoms. The van der Waals surface area contributed by atoms with Crippen LogP contribution in [0.25, 0.3) is 0 Å². The Morgan fingerprint density at radius 3 is 2.53 bits per heavy atom. The Morgan fingerprint density at radius 2 is 2.00 bits per heavy atom. The van der Waals surface area contributed by atoms with E-state index in [0.29, 0.717) is 19.1 Å². The van der Waals surface area contributed by atoms with Crippen LogP contribution in [-0.2, 0) is 14.3 Å². The lowest BCUT2D eigenvalue weighted by Crippen LogP contribution is -2.31. The summed E-state index contributed by atoms with van der Waals surface area (Å²) in [7, 11) is 0. The number of carbonyl (C=O) groups is 1. The van der Waals surface area contributed by atoms with Gasteiger partial charge in [-0.1, -0.05) is 13.8 Å². The normalized spacial score (nSPS) is 12.9. The zero-order chi connectivity index (χ0) is 11.7. The number of nitrogens with one attached hydrogen (secondary N) is 1. The van der Waals surface area contributed by atoms with Crippen molar-refractivity contribution in [1.29, 1.82) is 0 Å². The highest BCUT2D eigenvalue weighted by Gasteiger charge is 2.08. The third kappa shape index (κ3) is 9.69. The fourth-order valence-corrected chi connectivity index (χ4v) is 1.05. The van der Waals surface area contributed by atoms with Gasteiger partial charge in [0.25, 0.3) is 0 Å². The van der Waals surface area contributed by atoms with E-state index < -0.39 is 0 Å². The molecule has 1 unspecified atom stereocenters. The summed E-state index contributed by atoms with van der Waals surface area (Å²) < 4.78 is 10.2. The molecule has 90 valence electrons. The van der Waals surface area contributed by atoms with E-state index in [0.717, 1.165) is 6.54 Å². The Kier molecular flexibility index (Phi) is 8.33. The molecular formula is C11H23NO3. The topological polar surface area (TPSA) is 47.6 Å². The minimum absolute atomic E-state index is 0.168. The van der Waals surface area contributed by atoms with Gasteiger partial charge in [0, 0.05) is 6.61 Å². The lowest BCUT2D eigenvalue weighted by atomic mass is 10.2. The Morgan fingerprint density at radius 1 is 1.33 bits per heavy atom. The first-order valence-corrected chi connectivity index (χ1v) is 5.54. The predicted molar refractivity (Wildman–Crippen MR) is 59.8 cm³/mol. The largest absolute Gasteiger partial charge is 0.459 e. The minimum atomic E-state index is -0.220. The maximum absolute atomic E-state index is 11.3. The summed E-state index contributed by atoms with van der Waals surface area (Å²) in [4.78, 5) is 11.3. The lowest BCUT2D eigenvalue weighted by Gasteiger charge is -2.13. The first-order chi connectivity index (χ1) is 7.06. The first-order valence-electron chi connectivity index (χ1n) is 5.54. The van der Waals surface area contributed by atoms with Crippen molar-refractivity contribution in [3.05, 3.63) is 0 Å². The summed E-state index contributed by atoms with van der Waals surface area (Å²) >= 11 is 0. The van der Waals surface area contributed by atoms with Crippen LogP contribution in [0.5, 0.6) is 0 Å². The molecule has 0 aliphatic carbocycles. The molecule has 0 aromatic carbocycles. The van der Waals surface area contributed by atoms with E-state index in [1.165, 1.54) is 0 Å². The Hall–Kier alpha value is -0.610. The monoisotopic (exact) mass is 217 g/mol. The van der Waals surface area contributed by atoms with Gasteiger partial charge in [0.2, 0.25) is 0 Å². The van der Waals surface area contributed by atoms with Crippen LogP contribution in [0, 0.1) is 5.92 Å². The van der Waals surface area contributed by atoms with Gasteiger partial charge in [-0.2, -0.15) is 0 Å². The van der Waals surface area contributed by atoms with Gasteiger partial charge in [0.1, 0.15) is 6.10 Å². The fraction of sp³-hybridized carbons (Fsp3) is 0.909. The van der Waals surface area contributed by atoms with E-state index in [4.69, 9.17) is 9.47 Å². The number of esters is 1. The molecule has 0 amide bonds. The second-order valence-corrected chi connectivity index (χ2v) is 3.98. The number of hydrogen-bond donors (Lipinski definition) is 1. The molecule has 0 rings (SSSR count). The van der Waals surface area contributed by atoms with Gasteiger partial charge in [-0.15, -0.1) is 0 Å². The van der Waals surface area contributed by atoms with Crippen LogP contribution in [-0.4, -0.2) is 38.4 Å². The maximum Gasteiger partial charge on any atom is 0.320 e. The second-order valence-electron chi connectivity index (χ2n) is 3.98. The second kappa shape index (κ2) is 8.68. The number of hydrogen-bond acceptors (Lipinski definition) is 4. The van der Waals surface area contributed by atoms with Crippen LogP contribution in [0.4, 0.5) is 0 Å². The SMILES string of the molecule is CCOCC(C)OC(=O)CNCC(C)C. The standard InChI is InChI=1S/C11H23NO3/c1-5-14-8-10(4)15-11(13)7-12-6-9(2)3/h9-10,12H,5-8H2,1-4H3. The molecular weight excluding hydrogens is 194 g/mol. The van der Waals surface area contributed by atoms with Gasteiger partial charge in [0.05, 0.1) is 13.2 Å². The molecule has 0 spiro atoms. The van der Waals surface area contributed by atoms with Crippen molar-refractivity contribution >= 4 is 5.97 Å².